The second-order valence-corrected chi connectivity index (χ2v) is 6.47. The van der Waals surface area contributed by atoms with Crippen molar-refractivity contribution in [2.75, 3.05) is 39.3 Å². The van der Waals surface area contributed by atoms with Crippen molar-refractivity contribution in [3.05, 3.63) is 35.9 Å². The fraction of sp³-hybridized carbons (Fsp3) is 0.600. The molecule has 0 spiro atoms. The van der Waals surface area contributed by atoms with Crippen LogP contribution >= 0.6 is 0 Å². The number of carbonyl (C=O) groups excluding carboxylic acids is 2. The van der Waals surface area contributed by atoms with Gasteiger partial charge in [-0.2, -0.15) is 0 Å². The third kappa shape index (κ3) is 6.86. The molecule has 138 valence electrons. The van der Waals surface area contributed by atoms with Crippen LogP contribution in [0.3, 0.4) is 0 Å². The van der Waals surface area contributed by atoms with E-state index in [1.165, 1.54) is 0 Å². The number of esters is 1. The second-order valence-electron chi connectivity index (χ2n) is 6.47. The molecular weight excluding hydrogens is 316 g/mol. The van der Waals surface area contributed by atoms with Gasteiger partial charge in [-0.1, -0.05) is 31.0 Å². The van der Waals surface area contributed by atoms with E-state index >= 15 is 0 Å². The molecule has 1 aromatic carbocycles. The maximum atomic E-state index is 12.4. The van der Waals surface area contributed by atoms with Crippen LogP contribution in [0, 0.1) is 0 Å². The number of benzene rings is 1. The van der Waals surface area contributed by atoms with Crippen molar-refractivity contribution in [3.8, 4) is 0 Å². The number of amides is 1. The van der Waals surface area contributed by atoms with E-state index in [1.807, 2.05) is 42.2 Å². The van der Waals surface area contributed by atoms with Crippen LogP contribution in [0.15, 0.2) is 30.3 Å². The maximum Gasteiger partial charge on any atom is 0.305 e. The third-order valence-electron chi connectivity index (χ3n) is 4.59. The van der Waals surface area contributed by atoms with Crippen molar-refractivity contribution in [1.29, 1.82) is 0 Å². The summed E-state index contributed by atoms with van der Waals surface area (Å²) in [7, 11) is 0. The Morgan fingerprint density at radius 2 is 1.64 bits per heavy atom. The van der Waals surface area contributed by atoms with Crippen molar-refractivity contribution in [1.82, 2.24) is 9.80 Å². The summed E-state index contributed by atoms with van der Waals surface area (Å²) in [5.74, 6) is 0.0564. The van der Waals surface area contributed by atoms with Gasteiger partial charge in [-0.3, -0.25) is 14.5 Å². The van der Waals surface area contributed by atoms with E-state index in [0.29, 0.717) is 13.0 Å². The first kappa shape index (κ1) is 19.4. The monoisotopic (exact) mass is 346 g/mol. The zero-order valence-electron chi connectivity index (χ0n) is 15.3. The molecule has 5 nitrogen and oxygen atoms in total. The van der Waals surface area contributed by atoms with Crippen molar-refractivity contribution < 1.29 is 14.3 Å². The highest BCUT2D eigenvalue weighted by Gasteiger charge is 2.21. The summed E-state index contributed by atoms with van der Waals surface area (Å²) in [6.45, 7) is 6.88. The molecule has 0 saturated carbocycles. The van der Waals surface area contributed by atoms with E-state index in [1.54, 1.807) is 0 Å². The maximum absolute atomic E-state index is 12.4. The standard InChI is InChI=1S/C20H30N2O3/c1-2-25-19(23)12-8-3-4-9-13-21-14-16-22(17-15-21)20(24)18-10-6-5-7-11-18/h5-7,10-11H,2-4,8-9,12-17H2,1H3. The Morgan fingerprint density at radius 3 is 2.32 bits per heavy atom. The lowest BCUT2D eigenvalue weighted by Gasteiger charge is -2.34. The van der Waals surface area contributed by atoms with Crippen LogP contribution in [0.2, 0.25) is 0 Å². The molecule has 2 rings (SSSR count). The van der Waals surface area contributed by atoms with Crippen LogP contribution in [-0.4, -0.2) is 61.0 Å². The van der Waals surface area contributed by atoms with Crippen molar-refractivity contribution >= 4 is 11.9 Å². The molecule has 5 heteroatoms. The predicted octanol–water partition coefficient (Wildman–Crippen LogP) is 2.96. The third-order valence-corrected chi connectivity index (χ3v) is 4.59. The molecule has 1 aliphatic heterocycles. The molecular formula is C20H30N2O3. The fourth-order valence-corrected chi connectivity index (χ4v) is 3.13. The number of nitrogens with zero attached hydrogens (tertiary/aromatic N) is 2. The van der Waals surface area contributed by atoms with E-state index in [0.717, 1.165) is 64.0 Å². The van der Waals surface area contributed by atoms with E-state index in [9.17, 15) is 9.59 Å². The van der Waals surface area contributed by atoms with Crippen molar-refractivity contribution in [2.45, 2.75) is 39.0 Å². The average Bonchev–Trinajstić information content (AvgIpc) is 2.65. The summed E-state index contributed by atoms with van der Waals surface area (Å²) in [6, 6.07) is 9.51. The Bertz CT molecular complexity index is 525. The van der Waals surface area contributed by atoms with Crippen LogP contribution in [0.4, 0.5) is 0 Å². The Hall–Kier alpha value is -1.88. The molecule has 0 N–H and O–H groups in total. The zero-order chi connectivity index (χ0) is 17.9. The smallest absolute Gasteiger partial charge is 0.305 e. The number of carbonyl (C=O) groups is 2. The fourth-order valence-electron chi connectivity index (χ4n) is 3.13. The van der Waals surface area contributed by atoms with Gasteiger partial charge in [-0.05, 0) is 38.4 Å². The van der Waals surface area contributed by atoms with Crippen molar-refractivity contribution in [3.63, 3.8) is 0 Å². The van der Waals surface area contributed by atoms with E-state index in [-0.39, 0.29) is 11.9 Å². The molecule has 0 unspecified atom stereocenters. The van der Waals surface area contributed by atoms with Gasteiger partial charge < -0.3 is 9.64 Å². The van der Waals surface area contributed by atoms with Crippen LogP contribution in [0.25, 0.3) is 0 Å². The van der Waals surface area contributed by atoms with Gasteiger partial charge in [0.15, 0.2) is 0 Å². The van der Waals surface area contributed by atoms with Crippen LogP contribution in [-0.2, 0) is 9.53 Å². The zero-order valence-corrected chi connectivity index (χ0v) is 15.3. The summed E-state index contributed by atoms with van der Waals surface area (Å²) < 4.78 is 4.93. The van der Waals surface area contributed by atoms with Gasteiger partial charge in [0.05, 0.1) is 6.61 Å². The van der Waals surface area contributed by atoms with Gasteiger partial charge in [-0.25, -0.2) is 0 Å². The molecule has 1 amide bonds. The number of unbranched alkanes of at least 4 members (excludes halogenated alkanes) is 3. The first-order chi connectivity index (χ1) is 12.2. The van der Waals surface area contributed by atoms with Crippen molar-refractivity contribution in [2.24, 2.45) is 0 Å². The summed E-state index contributed by atoms with van der Waals surface area (Å²) >= 11 is 0. The molecule has 0 aliphatic carbocycles. The van der Waals surface area contributed by atoms with E-state index in [2.05, 4.69) is 4.90 Å². The molecule has 1 aliphatic rings. The molecule has 25 heavy (non-hydrogen) atoms. The number of rotatable bonds is 9. The lowest BCUT2D eigenvalue weighted by molar-refractivity contribution is -0.143. The van der Waals surface area contributed by atoms with Gasteiger partial charge in [-0.15, -0.1) is 0 Å². The Kier molecular flexibility index (Phi) is 8.46. The van der Waals surface area contributed by atoms with E-state index < -0.39 is 0 Å². The lowest BCUT2D eigenvalue weighted by atomic mass is 10.1. The highest BCUT2D eigenvalue weighted by molar-refractivity contribution is 5.94. The minimum absolute atomic E-state index is 0.0818. The molecule has 0 bridgehead atoms. The second kappa shape index (κ2) is 10.9. The Labute approximate surface area is 150 Å². The summed E-state index contributed by atoms with van der Waals surface area (Å²) in [4.78, 5) is 28.0. The molecule has 1 aromatic rings. The Balaban J connectivity index is 1.55. The molecule has 0 aromatic heterocycles. The largest absolute Gasteiger partial charge is 0.466 e. The predicted molar refractivity (Wildman–Crippen MR) is 98.5 cm³/mol. The van der Waals surface area contributed by atoms with Crippen LogP contribution in [0.5, 0.6) is 0 Å². The topological polar surface area (TPSA) is 49.9 Å². The first-order valence-electron chi connectivity index (χ1n) is 9.43. The van der Waals surface area contributed by atoms with E-state index in [4.69, 9.17) is 4.74 Å². The first-order valence-corrected chi connectivity index (χ1v) is 9.43. The normalized spacial score (nSPS) is 15.2. The molecule has 1 saturated heterocycles. The molecule has 1 heterocycles. The highest BCUT2D eigenvalue weighted by atomic mass is 16.5. The lowest BCUT2D eigenvalue weighted by Crippen LogP contribution is -2.48. The minimum Gasteiger partial charge on any atom is -0.466 e. The number of piperazine rings is 1. The SMILES string of the molecule is CCOC(=O)CCCCCCN1CCN(C(=O)c2ccccc2)CC1. The number of hydrogen-bond donors (Lipinski definition) is 0. The summed E-state index contributed by atoms with van der Waals surface area (Å²) in [6.07, 6.45) is 4.82. The van der Waals surface area contributed by atoms with Gasteiger partial charge in [0.2, 0.25) is 0 Å². The molecule has 0 atom stereocenters. The van der Waals surface area contributed by atoms with Crippen LogP contribution in [0.1, 0.15) is 49.4 Å². The minimum atomic E-state index is -0.0818. The van der Waals surface area contributed by atoms with Gasteiger partial charge in [0.1, 0.15) is 0 Å². The van der Waals surface area contributed by atoms with Gasteiger partial charge >= 0.3 is 5.97 Å². The number of ether oxygens (including phenoxy) is 1. The summed E-state index contributed by atoms with van der Waals surface area (Å²) in [5, 5.41) is 0. The van der Waals surface area contributed by atoms with Gasteiger partial charge in [0, 0.05) is 38.2 Å². The molecule has 1 fully saturated rings. The van der Waals surface area contributed by atoms with Gasteiger partial charge in [0.25, 0.3) is 5.91 Å². The highest BCUT2D eigenvalue weighted by Crippen LogP contribution is 2.10. The Morgan fingerprint density at radius 1 is 0.960 bits per heavy atom. The quantitative estimate of drug-likeness (QED) is 0.509. The molecule has 0 radical (unpaired) electrons. The summed E-state index contributed by atoms with van der Waals surface area (Å²) in [5.41, 5.74) is 0.776. The van der Waals surface area contributed by atoms with Crippen LogP contribution < -0.4 is 0 Å². The number of hydrogen-bond acceptors (Lipinski definition) is 4. The average molecular weight is 346 g/mol.